The highest BCUT2D eigenvalue weighted by Gasteiger charge is 2.39. The average molecular weight is 592 g/mol. The number of nitrogens with one attached hydrogen (secondary N) is 2. The van der Waals surface area contributed by atoms with Crippen LogP contribution in [0.4, 0.5) is 0 Å². The van der Waals surface area contributed by atoms with E-state index < -0.39 is 22.7 Å². The molecular weight excluding hydrogens is 550 g/mol. The highest BCUT2D eigenvalue weighted by molar-refractivity contribution is 8.22. The second-order valence-corrected chi connectivity index (χ2v) is 14.0. The van der Waals surface area contributed by atoms with Crippen LogP contribution < -0.4 is 21.1 Å². The molecule has 5 rings (SSSR count). The molecule has 1 amide bonds. The molecule has 3 heterocycles. The van der Waals surface area contributed by atoms with Crippen LogP contribution in [0, 0.1) is 5.92 Å². The van der Waals surface area contributed by atoms with Crippen LogP contribution in [-0.4, -0.2) is 74.4 Å². The van der Waals surface area contributed by atoms with E-state index >= 15 is 0 Å². The van der Waals surface area contributed by atoms with Crippen LogP contribution in [0.1, 0.15) is 62.0 Å². The van der Waals surface area contributed by atoms with Gasteiger partial charge in [0.05, 0.1) is 18.9 Å². The Morgan fingerprint density at radius 2 is 1.95 bits per heavy atom. The highest BCUT2D eigenvalue weighted by Crippen LogP contribution is 2.49. The molecular formula is C29H42ClN5O4S. The van der Waals surface area contributed by atoms with E-state index in [0.717, 1.165) is 62.6 Å². The number of nitrogens with zero attached hydrogens (tertiary/aromatic N) is 2. The zero-order valence-electron chi connectivity index (χ0n) is 23.0. The Morgan fingerprint density at radius 3 is 2.67 bits per heavy atom. The smallest absolute Gasteiger partial charge is 0.238 e. The van der Waals surface area contributed by atoms with Gasteiger partial charge >= 0.3 is 0 Å². The number of carbonyl (C=O) groups excluding carboxylic acids is 1. The van der Waals surface area contributed by atoms with Gasteiger partial charge in [-0.3, -0.25) is 13.9 Å². The van der Waals surface area contributed by atoms with Gasteiger partial charge in [-0.2, -0.15) is 0 Å². The number of carbonyl (C=O) groups is 1. The SMILES string of the molecule is COc1ccc([C@H](c2ccc(Cl)cc2)[C@H](N)C(=O)N[C@H]2CCC[C@@H]2CC[C@H]2CN[C@@H]3CCCS(O)(O)N2C3)cn1. The predicted octanol–water partition coefficient (Wildman–Crippen LogP) is 4.37. The molecule has 40 heavy (non-hydrogen) atoms. The predicted molar refractivity (Wildman–Crippen MR) is 160 cm³/mol. The van der Waals surface area contributed by atoms with Crippen molar-refractivity contribution in [3.05, 3.63) is 58.7 Å². The van der Waals surface area contributed by atoms with Crippen molar-refractivity contribution >= 4 is 28.3 Å². The number of aromatic nitrogens is 1. The Bertz CT molecular complexity index is 1140. The number of fused-ring (bicyclic) bond motifs is 2. The van der Waals surface area contributed by atoms with Crippen molar-refractivity contribution in [2.24, 2.45) is 11.7 Å². The fraction of sp³-hybridized carbons (Fsp3) is 0.586. The molecule has 0 spiro atoms. The number of benzene rings is 1. The number of ether oxygens (including phenoxy) is 1. The zero-order chi connectivity index (χ0) is 28.3. The van der Waals surface area contributed by atoms with Gasteiger partial charge in [0.25, 0.3) is 0 Å². The van der Waals surface area contributed by atoms with E-state index in [1.165, 1.54) is 0 Å². The summed E-state index contributed by atoms with van der Waals surface area (Å²) in [6.07, 6.45) is 8.33. The molecule has 0 radical (unpaired) electrons. The Labute approximate surface area is 243 Å². The number of rotatable bonds is 9. The van der Waals surface area contributed by atoms with Crippen molar-refractivity contribution in [1.29, 1.82) is 0 Å². The summed E-state index contributed by atoms with van der Waals surface area (Å²) in [5.74, 6) is 0.705. The summed E-state index contributed by atoms with van der Waals surface area (Å²) in [4.78, 5) is 18.0. The molecule has 2 bridgehead atoms. The summed E-state index contributed by atoms with van der Waals surface area (Å²) in [5.41, 5.74) is 8.39. The van der Waals surface area contributed by atoms with Crippen LogP contribution in [0.25, 0.3) is 0 Å². The van der Waals surface area contributed by atoms with Crippen LogP contribution in [0.5, 0.6) is 5.88 Å². The Balaban J connectivity index is 1.25. The number of nitrogens with two attached hydrogens (primary N) is 1. The maximum Gasteiger partial charge on any atom is 0.238 e. The second kappa shape index (κ2) is 12.9. The van der Waals surface area contributed by atoms with Crippen molar-refractivity contribution in [3.8, 4) is 5.88 Å². The fourth-order valence-corrected chi connectivity index (χ4v) is 8.65. The van der Waals surface area contributed by atoms with Gasteiger partial charge in [0, 0.05) is 54.4 Å². The molecule has 1 aromatic heterocycles. The normalized spacial score (nSPS) is 30.1. The standard InChI is InChI=1S/C29H42ClN5O4S/c1-39-26-14-10-21(16-33-26)27(20-7-11-22(30)12-8-20)28(31)29(36)34-25-6-2-4-19(25)9-13-24-17-32-23-5-3-15-40(37,38)35(24)18-23/h7-8,10-12,14,16,19,23-25,27-28,32,37-38H,2-6,9,13,15,17-18,31H2,1H3,(H,34,36)/t19-,23-,24+,25+,27+,28+/m1/s1. The van der Waals surface area contributed by atoms with Crippen molar-refractivity contribution < 1.29 is 18.6 Å². The maximum atomic E-state index is 13.6. The molecule has 9 nitrogen and oxygen atoms in total. The molecule has 1 aromatic carbocycles. The van der Waals surface area contributed by atoms with E-state index in [1.807, 2.05) is 22.5 Å². The Kier molecular flexibility index (Phi) is 9.56. The number of piperazine rings is 1. The highest BCUT2D eigenvalue weighted by atomic mass is 35.5. The number of methoxy groups -OCH3 is 1. The summed E-state index contributed by atoms with van der Waals surface area (Å²) in [7, 11) is -1.15. The van der Waals surface area contributed by atoms with Crippen molar-refractivity contribution in [2.45, 2.75) is 75.0 Å². The summed E-state index contributed by atoms with van der Waals surface area (Å²) >= 11 is 6.14. The lowest BCUT2D eigenvalue weighted by atomic mass is 9.85. The molecule has 220 valence electrons. The van der Waals surface area contributed by atoms with Gasteiger partial charge in [0.2, 0.25) is 11.8 Å². The Morgan fingerprint density at radius 1 is 1.18 bits per heavy atom. The van der Waals surface area contributed by atoms with Crippen LogP contribution in [0.2, 0.25) is 5.02 Å². The van der Waals surface area contributed by atoms with Crippen molar-refractivity contribution in [2.75, 3.05) is 26.0 Å². The van der Waals surface area contributed by atoms with Gasteiger partial charge in [-0.25, -0.2) is 9.29 Å². The molecule has 2 aromatic rings. The third kappa shape index (κ3) is 6.75. The summed E-state index contributed by atoms with van der Waals surface area (Å²) in [6.45, 7) is 1.47. The van der Waals surface area contributed by atoms with Crippen molar-refractivity contribution in [3.63, 3.8) is 0 Å². The number of halogens is 1. The lowest BCUT2D eigenvalue weighted by Crippen LogP contribution is -2.56. The molecule has 2 saturated heterocycles. The van der Waals surface area contributed by atoms with Gasteiger partial charge in [0.15, 0.2) is 0 Å². The molecule has 2 aliphatic heterocycles. The largest absolute Gasteiger partial charge is 0.481 e. The number of pyridine rings is 1. The summed E-state index contributed by atoms with van der Waals surface area (Å²) in [6, 6.07) is 10.7. The van der Waals surface area contributed by atoms with Crippen molar-refractivity contribution in [1.82, 2.24) is 19.9 Å². The summed E-state index contributed by atoms with van der Waals surface area (Å²) in [5, 5.41) is 7.51. The third-order valence-electron chi connectivity index (χ3n) is 8.87. The van der Waals surface area contributed by atoms with Gasteiger partial charge < -0.3 is 21.1 Å². The third-order valence-corrected chi connectivity index (χ3v) is 11.2. The quantitative estimate of drug-likeness (QED) is 0.290. The van der Waals surface area contributed by atoms with Gasteiger partial charge in [-0.05, 0) is 67.7 Å². The lowest BCUT2D eigenvalue weighted by molar-refractivity contribution is -0.123. The second-order valence-electron chi connectivity index (χ2n) is 11.4. The van der Waals surface area contributed by atoms with E-state index in [1.54, 1.807) is 31.5 Å². The van der Waals surface area contributed by atoms with Crippen LogP contribution in [-0.2, 0) is 4.79 Å². The van der Waals surface area contributed by atoms with Crippen LogP contribution in [0.3, 0.4) is 0 Å². The molecule has 11 heteroatoms. The number of hydrogen-bond acceptors (Lipinski definition) is 8. The first-order chi connectivity index (χ1) is 19.2. The van der Waals surface area contributed by atoms with E-state index in [2.05, 4.69) is 15.6 Å². The minimum absolute atomic E-state index is 0.0483. The van der Waals surface area contributed by atoms with Gasteiger partial charge in [-0.1, -0.05) is 36.2 Å². The monoisotopic (exact) mass is 591 g/mol. The van der Waals surface area contributed by atoms with Crippen LogP contribution >= 0.6 is 22.4 Å². The maximum absolute atomic E-state index is 13.6. The summed E-state index contributed by atoms with van der Waals surface area (Å²) < 4.78 is 28.8. The molecule has 6 N–H and O–H groups in total. The molecule has 7 atom stereocenters. The molecule has 1 saturated carbocycles. The van der Waals surface area contributed by atoms with E-state index in [-0.39, 0.29) is 18.0 Å². The van der Waals surface area contributed by atoms with E-state index in [0.29, 0.717) is 35.2 Å². The molecule has 1 aliphatic carbocycles. The molecule has 3 aliphatic rings. The van der Waals surface area contributed by atoms with Gasteiger partial charge in [-0.15, -0.1) is 10.8 Å². The number of hydrogen-bond donors (Lipinski definition) is 5. The Hall–Kier alpha value is -1.92. The van der Waals surface area contributed by atoms with Gasteiger partial charge in [0.1, 0.15) is 0 Å². The minimum Gasteiger partial charge on any atom is -0.481 e. The first kappa shape index (κ1) is 29.6. The zero-order valence-corrected chi connectivity index (χ0v) is 24.6. The topological polar surface area (TPSA) is 133 Å². The minimum atomic E-state index is -2.71. The molecule has 1 unspecified atom stereocenters. The first-order valence-electron chi connectivity index (χ1n) is 14.3. The average Bonchev–Trinajstić information content (AvgIpc) is 3.35. The fourth-order valence-electron chi connectivity index (χ4n) is 6.66. The van der Waals surface area contributed by atoms with E-state index in [4.69, 9.17) is 22.1 Å². The molecule has 3 fully saturated rings. The van der Waals surface area contributed by atoms with E-state index in [9.17, 15) is 13.9 Å². The number of amides is 1. The first-order valence-corrected chi connectivity index (χ1v) is 16.4. The van der Waals surface area contributed by atoms with Crippen LogP contribution in [0.15, 0.2) is 42.6 Å². The lowest BCUT2D eigenvalue weighted by Gasteiger charge is -2.49.